The van der Waals surface area contributed by atoms with Gasteiger partial charge < -0.3 is 19.5 Å². The molecule has 2 aromatic carbocycles. The van der Waals surface area contributed by atoms with Crippen LogP contribution in [0.1, 0.15) is 35.9 Å². The summed E-state index contributed by atoms with van der Waals surface area (Å²) in [5.74, 6) is 2.73. The van der Waals surface area contributed by atoms with Gasteiger partial charge in [-0.25, -0.2) is 4.68 Å². The second kappa shape index (κ2) is 8.03. The highest BCUT2D eigenvalue weighted by Gasteiger charge is 2.40. The predicted molar refractivity (Wildman–Crippen MR) is 118 cm³/mol. The number of hydrogen-bond donors (Lipinski definition) is 1. The predicted octanol–water partition coefficient (Wildman–Crippen LogP) is 3.72. The van der Waals surface area contributed by atoms with Crippen LogP contribution in [-0.2, 0) is 4.79 Å². The van der Waals surface area contributed by atoms with Gasteiger partial charge in [-0.3, -0.25) is 4.79 Å². The van der Waals surface area contributed by atoms with Crippen molar-refractivity contribution in [2.45, 2.75) is 24.8 Å². The summed E-state index contributed by atoms with van der Waals surface area (Å²) in [6, 6.07) is 13.1. The number of ether oxygens (including phenoxy) is 3. The Bertz CT molecular complexity index is 1200. The van der Waals surface area contributed by atoms with E-state index in [-0.39, 0.29) is 11.7 Å². The number of nitrogens with zero attached hydrogens (tertiary/aromatic N) is 3. The van der Waals surface area contributed by atoms with Gasteiger partial charge >= 0.3 is 0 Å². The summed E-state index contributed by atoms with van der Waals surface area (Å²) >= 11 is 0. The van der Waals surface area contributed by atoms with E-state index in [0.717, 1.165) is 22.6 Å². The molecule has 0 spiro atoms. The number of para-hydroxylation sites is 1. The Kier molecular flexibility index (Phi) is 5.05. The van der Waals surface area contributed by atoms with E-state index in [1.807, 2.05) is 42.5 Å². The fourth-order valence-corrected chi connectivity index (χ4v) is 4.68. The van der Waals surface area contributed by atoms with Crippen LogP contribution in [-0.4, -0.2) is 41.9 Å². The van der Waals surface area contributed by atoms with Crippen LogP contribution in [0.5, 0.6) is 17.2 Å². The van der Waals surface area contributed by atoms with Gasteiger partial charge in [-0.2, -0.15) is 10.1 Å². The van der Waals surface area contributed by atoms with E-state index in [1.165, 1.54) is 6.33 Å². The number of aromatic nitrogens is 3. The Labute approximate surface area is 185 Å². The lowest BCUT2D eigenvalue weighted by Gasteiger charge is -2.35. The molecule has 0 saturated heterocycles. The third-order valence-corrected chi connectivity index (χ3v) is 6.18. The minimum absolute atomic E-state index is 0.0713. The van der Waals surface area contributed by atoms with Crippen LogP contribution in [0.2, 0.25) is 0 Å². The molecular weight excluding hydrogens is 408 g/mol. The Morgan fingerprint density at radius 1 is 1.00 bits per heavy atom. The lowest BCUT2D eigenvalue weighted by molar-refractivity contribution is -0.116. The second-order valence-electron chi connectivity index (χ2n) is 7.83. The zero-order valence-electron chi connectivity index (χ0n) is 18.2. The van der Waals surface area contributed by atoms with Crippen molar-refractivity contribution < 1.29 is 19.0 Å². The van der Waals surface area contributed by atoms with Gasteiger partial charge in [0.15, 0.2) is 17.3 Å². The molecule has 0 bridgehead atoms. The number of methoxy groups -OCH3 is 3. The standard InChI is InChI=1S/C24H24N4O4/c1-30-16-9-7-14(8-10-16)15-11-18-21(19(29)12-15)22(28-24(27-18)25-13-26-28)17-5-4-6-20(31-2)23(17)32-3/h4-10,13,15,22H,11-12H2,1-3H3,(H,25,26,27)/t15-,22-/m0/s1. The number of fused-ring (bicyclic) bond motifs is 1. The Hall–Kier alpha value is -3.81. The van der Waals surface area contributed by atoms with Crippen LogP contribution >= 0.6 is 0 Å². The largest absolute Gasteiger partial charge is 0.497 e. The highest BCUT2D eigenvalue weighted by molar-refractivity contribution is 6.00. The van der Waals surface area contributed by atoms with E-state index in [4.69, 9.17) is 14.2 Å². The van der Waals surface area contributed by atoms with Gasteiger partial charge in [-0.05, 0) is 36.1 Å². The van der Waals surface area contributed by atoms with Crippen molar-refractivity contribution in [2.24, 2.45) is 0 Å². The first kappa shape index (κ1) is 20.1. The summed E-state index contributed by atoms with van der Waals surface area (Å²) in [5, 5.41) is 7.76. The number of hydrogen-bond acceptors (Lipinski definition) is 7. The average molecular weight is 432 g/mol. The van der Waals surface area contributed by atoms with Crippen LogP contribution in [0.4, 0.5) is 5.95 Å². The topological polar surface area (TPSA) is 87.5 Å². The maximum Gasteiger partial charge on any atom is 0.226 e. The van der Waals surface area contributed by atoms with Gasteiger partial charge in [-0.15, -0.1) is 0 Å². The first-order valence-electron chi connectivity index (χ1n) is 10.4. The molecule has 0 saturated carbocycles. The van der Waals surface area contributed by atoms with E-state index < -0.39 is 6.04 Å². The van der Waals surface area contributed by atoms with Gasteiger partial charge in [0.2, 0.25) is 5.95 Å². The number of carbonyl (C=O) groups excluding carboxylic acids is 1. The maximum atomic E-state index is 13.5. The lowest BCUT2D eigenvalue weighted by Crippen LogP contribution is -2.33. The first-order valence-corrected chi connectivity index (χ1v) is 10.4. The third kappa shape index (κ3) is 3.19. The van der Waals surface area contributed by atoms with Crippen LogP contribution in [0, 0.1) is 0 Å². The quantitative estimate of drug-likeness (QED) is 0.657. The molecule has 8 heteroatoms. The van der Waals surface area contributed by atoms with Crippen molar-refractivity contribution >= 4 is 11.7 Å². The molecule has 1 aromatic heterocycles. The molecule has 2 aliphatic rings. The summed E-state index contributed by atoms with van der Waals surface area (Å²) < 4.78 is 18.2. The molecule has 164 valence electrons. The van der Waals surface area contributed by atoms with Crippen LogP contribution in [0.3, 0.4) is 0 Å². The molecule has 0 unspecified atom stereocenters. The molecule has 1 N–H and O–H groups in total. The molecule has 0 fully saturated rings. The van der Waals surface area contributed by atoms with Gasteiger partial charge in [0.05, 0.1) is 21.3 Å². The zero-order chi connectivity index (χ0) is 22.2. The van der Waals surface area contributed by atoms with Crippen molar-refractivity contribution in [1.82, 2.24) is 14.8 Å². The summed E-state index contributed by atoms with van der Waals surface area (Å²) in [7, 11) is 4.84. The van der Waals surface area contributed by atoms with Crippen molar-refractivity contribution in [1.29, 1.82) is 0 Å². The van der Waals surface area contributed by atoms with Crippen molar-refractivity contribution in [2.75, 3.05) is 26.6 Å². The van der Waals surface area contributed by atoms with Crippen molar-refractivity contribution in [3.8, 4) is 17.2 Å². The number of carbonyl (C=O) groups is 1. The minimum Gasteiger partial charge on any atom is -0.497 e. The summed E-state index contributed by atoms with van der Waals surface area (Å²) in [4.78, 5) is 17.9. The normalized spacial score (nSPS) is 19.7. The van der Waals surface area contributed by atoms with Crippen molar-refractivity contribution in [3.63, 3.8) is 0 Å². The molecule has 0 radical (unpaired) electrons. The van der Waals surface area contributed by atoms with E-state index >= 15 is 0 Å². The Morgan fingerprint density at radius 3 is 2.53 bits per heavy atom. The molecular formula is C24H24N4O4. The van der Waals surface area contributed by atoms with Crippen LogP contribution in [0.25, 0.3) is 0 Å². The number of nitrogens with one attached hydrogen (secondary N) is 1. The highest BCUT2D eigenvalue weighted by Crippen LogP contribution is 2.47. The van der Waals surface area contributed by atoms with E-state index in [1.54, 1.807) is 26.0 Å². The molecule has 1 aliphatic heterocycles. The number of ketones is 1. The fourth-order valence-electron chi connectivity index (χ4n) is 4.68. The summed E-state index contributed by atoms with van der Waals surface area (Å²) in [6.07, 6.45) is 2.61. The van der Waals surface area contributed by atoms with Gasteiger partial charge in [0.1, 0.15) is 18.1 Å². The number of rotatable bonds is 5. The van der Waals surface area contributed by atoms with Gasteiger partial charge in [0, 0.05) is 23.3 Å². The monoisotopic (exact) mass is 432 g/mol. The SMILES string of the molecule is COc1ccc([C@@H]2CC(=O)C3=C(C2)Nc2ncnn2[C@H]3c2cccc(OC)c2OC)cc1. The van der Waals surface area contributed by atoms with E-state index in [0.29, 0.717) is 35.9 Å². The molecule has 1 aliphatic carbocycles. The second-order valence-corrected chi connectivity index (χ2v) is 7.83. The van der Waals surface area contributed by atoms with Gasteiger partial charge in [-0.1, -0.05) is 24.3 Å². The third-order valence-electron chi connectivity index (χ3n) is 6.18. The summed E-state index contributed by atoms with van der Waals surface area (Å²) in [6.45, 7) is 0. The number of Topliss-reactive ketones (excluding diaryl/α,β-unsaturated/α-hetero) is 1. The maximum absolute atomic E-state index is 13.5. The zero-order valence-corrected chi connectivity index (χ0v) is 18.2. The molecule has 2 heterocycles. The number of anilines is 1. The number of allylic oxidation sites excluding steroid dienone is 2. The first-order chi connectivity index (χ1) is 15.6. The Morgan fingerprint density at radius 2 is 1.81 bits per heavy atom. The average Bonchev–Trinajstić information content (AvgIpc) is 3.30. The smallest absolute Gasteiger partial charge is 0.226 e. The lowest BCUT2D eigenvalue weighted by atomic mass is 9.77. The van der Waals surface area contributed by atoms with Crippen molar-refractivity contribution in [3.05, 3.63) is 71.2 Å². The van der Waals surface area contributed by atoms with E-state index in [9.17, 15) is 4.79 Å². The van der Waals surface area contributed by atoms with Crippen LogP contribution < -0.4 is 19.5 Å². The molecule has 8 nitrogen and oxygen atoms in total. The molecule has 5 rings (SSSR count). The highest BCUT2D eigenvalue weighted by atomic mass is 16.5. The molecule has 2 atom stereocenters. The molecule has 3 aromatic rings. The number of benzene rings is 2. The minimum atomic E-state index is -0.446. The van der Waals surface area contributed by atoms with Gasteiger partial charge in [0.25, 0.3) is 0 Å². The summed E-state index contributed by atoms with van der Waals surface area (Å²) in [5.41, 5.74) is 3.48. The molecule has 0 amide bonds. The van der Waals surface area contributed by atoms with E-state index in [2.05, 4.69) is 15.4 Å². The fraction of sp³-hybridized carbons (Fsp3) is 0.292. The molecule has 32 heavy (non-hydrogen) atoms. The Balaban J connectivity index is 1.60. The van der Waals surface area contributed by atoms with Crippen LogP contribution in [0.15, 0.2) is 60.1 Å².